The molecule has 3 rings (SSSR count). The number of nitrogens with zero attached hydrogens (tertiary/aromatic N) is 2. The second kappa shape index (κ2) is 11.7. The Morgan fingerprint density at radius 2 is 1.59 bits per heavy atom. The lowest BCUT2D eigenvalue weighted by atomic mass is 9.95. The molecular formula is C27H34N2O5. The summed E-state index contributed by atoms with van der Waals surface area (Å²) < 4.78 is 10.9. The highest BCUT2D eigenvalue weighted by molar-refractivity contribution is 6.46. The lowest BCUT2D eigenvalue weighted by molar-refractivity contribution is -0.140. The summed E-state index contributed by atoms with van der Waals surface area (Å²) in [5.41, 5.74) is 1.30. The van der Waals surface area contributed by atoms with E-state index in [9.17, 15) is 14.7 Å². The number of ketones is 1. The van der Waals surface area contributed by atoms with Crippen LogP contribution in [-0.2, 0) is 9.59 Å². The van der Waals surface area contributed by atoms with Crippen LogP contribution in [0.25, 0.3) is 5.76 Å². The Labute approximate surface area is 201 Å². The molecule has 1 saturated heterocycles. The molecule has 0 saturated carbocycles. The van der Waals surface area contributed by atoms with Crippen LogP contribution < -0.4 is 9.47 Å². The number of carbonyl (C=O) groups excluding carboxylic acids is 2. The molecule has 1 aliphatic rings. The molecule has 7 nitrogen and oxygen atoms in total. The van der Waals surface area contributed by atoms with E-state index in [1.54, 1.807) is 36.3 Å². The van der Waals surface area contributed by atoms with Crippen molar-refractivity contribution in [3.05, 3.63) is 65.2 Å². The number of amides is 1. The van der Waals surface area contributed by atoms with Crippen LogP contribution in [0.3, 0.4) is 0 Å². The van der Waals surface area contributed by atoms with E-state index in [4.69, 9.17) is 9.47 Å². The lowest BCUT2D eigenvalue weighted by Crippen LogP contribution is -2.38. The van der Waals surface area contributed by atoms with Gasteiger partial charge in [0.05, 0.1) is 25.3 Å². The first kappa shape index (κ1) is 25.3. The summed E-state index contributed by atoms with van der Waals surface area (Å²) in [4.78, 5) is 30.0. The minimum Gasteiger partial charge on any atom is -0.507 e. The summed E-state index contributed by atoms with van der Waals surface area (Å²) in [6.07, 6.45) is 0.898. The van der Waals surface area contributed by atoms with Crippen molar-refractivity contribution in [2.24, 2.45) is 0 Å². The number of benzene rings is 2. The van der Waals surface area contributed by atoms with Crippen LogP contribution in [0.15, 0.2) is 54.1 Å². The first-order valence-corrected chi connectivity index (χ1v) is 11.8. The number of likely N-dealkylation sites (N-methyl/N-ethyl adjacent to an activating group) is 1. The summed E-state index contributed by atoms with van der Waals surface area (Å²) in [6, 6.07) is 13.5. The molecule has 0 radical (unpaired) electrons. The maximum atomic E-state index is 13.2. The molecule has 34 heavy (non-hydrogen) atoms. The van der Waals surface area contributed by atoms with Crippen molar-refractivity contribution in [3.8, 4) is 11.5 Å². The Hall–Kier alpha value is -3.32. The van der Waals surface area contributed by atoms with Crippen molar-refractivity contribution in [3.63, 3.8) is 0 Å². The Morgan fingerprint density at radius 1 is 0.971 bits per heavy atom. The fraction of sp³-hybridized carbons (Fsp3) is 0.407. The van der Waals surface area contributed by atoms with Crippen molar-refractivity contribution >= 4 is 17.4 Å². The van der Waals surface area contributed by atoms with E-state index in [-0.39, 0.29) is 11.3 Å². The highest BCUT2D eigenvalue weighted by Crippen LogP contribution is 2.39. The minimum atomic E-state index is -0.683. The second-order valence-electron chi connectivity index (χ2n) is 8.17. The van der Waals surface area contributed by atoms with Gasteiger partial charge in [-0.3, -0.25) is 9.59 Å². The van der Waals surface area contributed by atoms with Gasteiger partial charge in [-0.2, -0.15) is 0 Å². The molecule has 1 aliphatic heterocycles. The zero-order chi connectivity index (χ0) is 24.7. The molecular weight excluding hydrogens is 432 g/mol. The van der Waals surface area contributed by atoms with Crippen LogP contribution >= 0.6 is 0 Å². The van der Waals surface area contributed by atoms with E-state index in [0.717, 1.165) is 30.8 Å². The fourth-order valence-electron chi connectivity index (χ4n) is 4.12. The molecule has 1 amide bonds. The minimum absolute atomic E-state index is 0.0944. The van der Waals surface area contributed by atoms with Gasteiger partial charge in [0, 0.05) is 18.7 Å². The Bertz CT molecular complexity index is 1010. The van der Waals surface area contributed by atoms with Crippen LogP contribution in [-0.4, -0.2) is 66.5 Å². The van der Waals surface area contributed by atoms with Crippen LogP contribution in [0, 0.1) is 0 Å². The van der Waals surface area contributed by atoms with Gasteiger partial charge in [0.15, 0.2) is 0 Å². The van der Waals surface area contributed by atoms with Crippen molar-refractivity contribution < 1.29 is 24.2 Å². The van der Waals surface area contributed by atoms with Gasteiger partial charge in [-0.05, 0) is 61.5 Å². The van der Waals surface area contributed by atoms with Gasteiger partial charge in [-0.25, -0.2) is 0 Å². The number of Topliss-reactive ketones (excluding diaryl/α,β-unsaturated/α-hetero) is 1. The van der Waals surface area contributed by atoms with E-state index in [1.807, 2.05) is 31.2 Å². The summed E-state index contributed by atoms with van der Waals surface area (Å²) >= 11 is 0. The van der Waals surface area contributed by atoms with Crippen LogP contribution in [0.2, 0.25) is 0 Å². The van der Waals surface area contributed by atoms with Crippen LogP contribution in [0.1, 0.15) is 44.4 Å². The molecule has 7 heteroatoms. The van der Waals surface area contributed by atoms with Gasteiger partial charge in [0.2, 0.25) is 0 Å². The van der Waals surface area contributed by atoms with Crippen LogP contribution in [0.4, 0.5) is 0 Å². The molecule has 0 bridgehead atoms. The van der Waals surface area contributed by atoms with Crippen LogP contribution in [0.5, 0.6) is 11.5 Å². The summed E-state index contributed by atoms with van der Waals surface area (Å²) in [5, 5.41) is 11.2. The quantitative estimate of drug-likeness (QED) is 0.303. The molecule has 1 N–H and O–H groups in total. The molecule has 1 fully saturated rings. The maximum Gasteiger partial charge on any atom is 0.295 e. The number of rotatable bonds is 11. The fourth-order valence-corrected chi connectivity index (χ4v) is 4.12. The molecule has 1 atom stereocenters. The third-order valence-corrected chi connectivity index (χ3v) is 6.12. The standard InChI is InChI=1S/C27H34N2O5/c1-5-18-34-22-14-8-19(9-15-22)24-23(25(30)20-10-12-21(33-4)13-11-20)26(31)27(32)29(24)17-16-28(6-2)7-3/h8-15,24,30H,5-7,16-18H2,1-4H3/b25-23+/t24-/m0/s1. The Kier molecular flexibility index (Phi) is 8.71. The summed E-state index contributed by atoms with van der Waals surface area (Å²) in [6.45, 7) is 9.49. The maximum absolute atomic E-state index is 13.2. The van der Waals surface area contributed by atoms with Gasteiger partial charge in [0.25, 0.3) is 11.7 Å². The van der Waals surface area contributed by atoms with Crippen molar-refractivity contribution in [2.45, 2.75) is 33.2 Å². The van der Waals surface area contributed by atoms with Gasteiger partial charge in [-0.15, -0.1) is 0 Å². The first-order valence-electron chi connectivity index (χ1n) is 11.8. The number of likely N-dealkylation sites (tertiary alicyclic amines) is 1. The topological polar surface area (TPSA) is 79.3 Å². The smallest absolute Gasteiger partial charge is 0.295 e. The van der Waals surface area contributed by atoms with Crippen molar-refractivity contribution in [1.29, 1.82) is 0 Å². The third kappa shape index (κ3) is 5.42. The average Bonchev–Trinajstić information content (AvgIpc) is 3.13. The van der Waals surface area contributed by atoms with E-state index < -0.39 is 17.7 Å². The van der Waals surface area contributed by atoms with Gasteiger partial charge >= 0.3 is 0 Å². The number of methoxy groups -OCH3 is 1. The number of ether oxygens (including phenoxy) is 2. The Balaban J connectivity index is 2.04. The molecule has 0 aliphatic carbocycles. The number of aliphatic hydroxyl groups is 1. The molecule has 1 heterocycles. The van der Waals surface area contributed by atoms with Crippen molar-refractivity contribution in [2.75, 3.05) is 39.9 Å². The number of aliphatic hydroxyl groups excluding tert-OH is 1. The predicted octanol–water partition coefficient (Wildman–Crippen LogP) is 4.25. The predicted molar refractivity (Wildman–Crippen MR) is 132 cm³/mol. The van der Waals surface area contributed by atoms with Crippen molar-refractivity contribution in [1.82, 2.24) is 9.80 Å². The van der Waals surface area contributed by atoms with E-state index in [0.29, 0.717) is 31.0 Å². The number of hydrogen-bond donors (Lipinski definition) is 1. The molecule has 2 aromatic rings. The SMILES string of the molecule is CCCOc1ccc([C@H]2/C(=C(\O)c3ccc(OC)cc3)C(=O)C(=O)N2CCN(CC)CC)cc1. The number of hydrogen-bond acceptors (Lipinski definition) is 6. The van der Waals surface area contributed by atoms with Gasteiger partial charge in [-0.1, -0.05) is 32.9 Å². The summed E-state index contributed by atoms with van der Waals surface area (Å²) in [5.74, 6) is -0.110. The molecule has 182 valence electrons. The first-order chi connectivity index (χ1) is 16.4. The zero-order valence-corrected chi connectivity index (χ0v) is 20.4. The van der Waals surface area contributed by atoms with E-state index >= 15 is 0 Å². The third-order valence-electron chi connectivity index (χ3n) is 6.12. The van der Waals surface area contributed by atoms with E-state index in [2.05, 4.69) is 18.7 Å². The zero-order valence-electron chi connectivity index (χ0n) is 20.4. The average molecular weight is 467 g/mol. The highest BCUT2D eigenvalue weighted by atomic mass is 16.5. The Morgan fingerprint density at radius 3 is 2.15 bits per heavy atom. The lowest BCUT2D eigenvalue weighted by Gasteiger charge is -2.28. The highest BCUT2D eigenvalue weighted by Gasteiger charge is 2.45. The van der Waals surface area contributed by atoms with E-state index in [1.165, 1.54) is 0 Å². The normalized spacial score (nSPS) is 17.4. The summed E-state index contributed by atoms with van der Waals surface area (Å²) in [7, 11) is 1.56. The monoisotopic (exact) mass is 466 g/mol. The molecule has 0 spiro atoms. The molecule has 0 unspecified atom stereocenters. The largest absolute Gasteiger partial charge is 0.507 e. The number of carbonyl (C=O) groups is 2. The molecule has 0 aromatic heterocycles. The van der Waals surface area contributed by atoms with Gasteiger partial charge in [0.1, 0.15) is 17.3 Å². The second-order valence-corrected chi connectivity index (χ2v) is 8.17. The van der Waals surface area contributed by atoms with Gasteiger partial charge < -0.3 is 24.4 Å². The molecule has 2 aromatic carbocycles.